The van der Waals surface area contributed by atoms with Gasteiger partial charge in [-0.2, -0.15) is 8.78 Å². The third-order valence-corrected chi connectivity index (χ3v) is 4.69. The lowest BCUT2D eigenvalue weighted by molar-refractivity contribution is 0.154. The SMILES string of the molecule is C[Si](C)(C)C1=C(c2ccccc2)C1(F)F. The molecule has 0 spiro atoms. The second kappa shape index (κ2) is 3.01. The van der Waals surface area contributed by atoms with E-state index in [2.05, 4.69) is 0 Å². The predicted molar refractivity (Wildman–Crippen MR) is 61.7 cm³/mol. The van der Waals surface area contributed by atoms with Gasteiger partial charge < -0.3 is 0 Å². The van der Waals surface area contributed by atoms with Crippen LogP contribution >= 0.6 is 0 Å². The molecule has 1 aliphatic rings. The van der Waals surface area contributed by atoms with Crippen LogP contribution in [-0.2, 0) is 0 Å². The third-order valence-electron chi connectivity index (χ3n) is 2.63. The van der Waals surface area contributed by atoms with Gasteiger partial charge in [0.05, 0.1) is 8.07 Å². The predicted octanol–water partition coefficient (Wildman–Crippen LogP) is 3.97. The zero-order chi connectivity index (χ0) is 11.3. The molecule has 0 nitrogen and oxygen atoms in total. The van der Waals surface area contributed by atoms with E-state index in [1.165, 1.54) is 0 Å². The molecule has 0 atom stereocenters. The maximum atomic E-state index is 13.6. The van der Waals surface area contributed by atoms with E-state index in [-0.39, 0.29) is 5.57 Å². The molecule has 2 rings (SSSR count). The van der Waals surface area contributed by atoms with Crippen molar-refractivity contribution >= 4 is 13.6 Å². The molecule has 0 aliphatic heterocycles. The van der Waals surface area contributed by atoms with Crippen LogP contribution < -0.4 is 0 Å². The van der Waals surface area contributed by atoms with Crippen LogP contribution in [0.5, 0.6) is 0 Å². The maximum absolute atomic E-state index is 13.6. The van der Waals surface area contributed by atoms with Gasteiger partial charge in [0.15, 0.2) is 0 Å². The standard InChI is InChI=1S/C12H14F2Si/c1-15(2,3)11-10(12(11,13)14)9-7-5-4-6-8-9/h4-8H,1-3H3. The summed E-state index contributed by atoms with van der Waals surface area (Å²) in [6.45, 7) is 5.89. The first-order valence-electron chi connectivity index (χ1n) is 5.04. The Morgan fingerprint density at radius 1 is 1.00 bits per heavy atom. The highest BCUT2D eigenvalue weighted by Crippen LogP contribution is 2.58. The smallest absolute Gasteiger partial charge is 0.197 e. The van der Waals surface area contributed by atoms with Crippen molar-refractivity contribution in [3.05, 3.63) is 41.1 Å². The van der Waals surface area contributed by atoms with Crippen LogP contribution in [0.2, 0.25) is 19.6 Å². The van der Waals surface area contributed by atoms with E-state index in [9.17, 15) is 8.78 Å². The van der Waals surface area contributed by atoms with E-state index in [4.69, 9.17) is 0 Å². The Labute approximate surface area is 89.6 Å². The van der Waals surface area contributed by atoms with Crippen LogP contribution in [0.3, 0.4) is 0 Å². The molecule has 3 heteroatoms. The van der Waals surface area contributed by atoms with Crippen molar-refractivity contribution in [3.63, 3.8) is 0 Å². The largest absolute Gasteiger partial charge is 0.292 e. The quantitative estimate of drug-likeness (QED) is 0.667. The summed E-state index contributed by atoms with van der Waals surface area (Å²) >= 11 is 0. The number of benzene rings is 1. The van der Waals surface area contributed by atoms with Gasteiger partial charge in [-0.3, -0.25) is 0 Å². The summed E-state index contributed by atoms with van der Waals surface area (Å²) in [6, 6.07) is 8.97. The van der Waals surface area contributed by atoms with Gasteiger partial charge in [0.2, 0.25) is 0 Å². The lowest BCUT2D eigenvalue weighted by Gasteiger charge is -2.11. The molecule has 0 bridgehead atoms. The van der Waals surface area contributed by atoms with E-state index in [0.717, 1.165) is 0 Å². The molecule has 0 aromatic heterocycles. The minimum Gasteiger partial charge on any atom is -0.197 e. The van der Waals surface area contributed by atoms with Crippen molar-refractivity contribution in [1.29, 1.82) is 0 Å². The molecule has 0 radical (unpaired) electrons. The molecule has 1 aliphatic carbocycles. The van der Waals surface area contributed by atoms with Crippen LogP contribution in [0.4, 0.5) is 8.78 Å². The lowest BCUT2D eigenvalue weighted by atomic mass is 10.2. The first kappa shape index (κ1) is 10.6. The molecule has 80 valence electrons. The molecule has 1 aromatic carbocycles. The summed E-state index contributed by atoms with van der Waals surface area (Å²) in [5.41, 5.74) is 0.960. The van der Waals surface area contributed by atoms with E-state index in [0.29, 0.717) is 10.8 Å². The van der Waals surface area contributed by atoms with Crippen molar-refractivity contribution in [2.75, 3.05) is 0 Å². The van der Waals surface area contributed by atoms with Crippen molar-refractivity contribution < 1.29 is 8.78 Å². The van der Waals surface area contributed by atoms with Crippen molar-refractivity contribution in [2.45, 2.75) is 25.6 Å². The van der Waals surface area contributed by atoms with Gasteiger partial charge in [0.1, 0.15) is 0 Å². The number of hydrogen-bond donors (Lipinski definition) is 0. The summed E-state index contributed by atoms with van der Waals surface area (Å²) in [6.07, 6.45) is 0. The summed E-state index contributed by atoms with van der Waals surface area (Å²) in [5, 5.41) is 0.418. The fraction of sp³-hybridized carbons (Fsp3) is 0.333. The Hall–Kier alpha value is -0.963. The van der Waals surface area contributed by atoms with Gasteiger partial charge in [-0.25, -0.2) is 0 Å². The number of allylic oxidation sites excluding steroid dienone is 2. The number of alkyl halides is 2. The molecule has 0 saturated heterocycles. The molecule has 1 aromatic rings. The Balaban J connectivity index is 2.44. The van der Waals surface area contributed by atoms with E-state index in [1.54, 1.807) is 24.3 Å². The summed E-state index contributed by atoms with van der Waals surface area (Å²) in [5.74, 6) is -2.63. The monoisotopic (exact) mass is 224 g/mol. The molecule has 0 heterocycles. The molecular formula is C12H14F2Si. The van der Waals surface area contributed by atoms with Crippen molar-refractivity contribution in [2.24, 2.45) is 0 Å². The van der Waals surface area contributed by atoms with Crippen molar-refractivity contribution in [3.8, 4) is 0 Å². The zero-order valence-corrected chi connectivity index (χ0v) is 10.1. The van der Waals surface area contributed by atoms with Crippen LogP contribution in [0.25, 0.3) is 5.57 Å². The van der Waals surface area contributed by atoms with Gasteiger partial charge in [-0.15, -0.1) is 0 Å². The first-order valence-corrected chi connectivity index (χ1v) is 8.54. The first-order chi connectivity index (χ1) is 6.85. The van der Waals surface area contributed by atoms with Gasteiger partial charge in [0.25, 0.3) is 5.92 Å². The van der Waals surface area contributed by atoms with Gasteiger partial charge in [0, 0.05) is 10.8 Å². The van der Waals surface area contributed by atoms with Crippen molar-refractivity contribution in [1.82, 2.24) is 0 Å². The fourth-order valence-corrected chi connectivity index (χ4v) is 4.07. The van der Waals surface area contributed by atoms with Gasteiger partial charge in [-0.1, -0.05) is 50.0 Å². The fourth-order valence-electron chi connectivity index (χ4n) is 2.01. The van der Waals surface area contributed by atoms with Crippen LogP contribution in [0, 0.1) is 0 Å². The minimum atomic E-state index is -2.63. The summed E-state index contributed by atoms with van der Waals surface area (Å²) < 4.78 is 27.2. The molecule has 0 saturated carbocycles. The Kier molecular flexibility index (Phi) is 2.12. The van der Waals surface area contributed by atoms with Crippen LogP contribution in [0.15, 0.2) is 35.5 Å². The molecule has 0 unspecified atom stereocenters. The van der Waals surface area contributed by atoms with E-state index < -0.39 is 14.0 Å². The molecular weight excluding hydrogens is 210 g/mol. The summed E-state index contributed by atoms with van der Waals surface area (Å²) in [4.78, 5) is 0. The molecule has 0 amide bonds. The number of hydrogen-bond acceptors (Lipinski definition) is 0. The van der Waals surface area contributed by atoms with Gasteiger partial charge in [-0.05, 0) is 5.56 Å². The Morgan fingerprint density at radius 2 is 1.53 bits per heavy atom. The maximum Gasteiger partial charge on any atom is 0.292 e. The van der Waals surface area contributed by atoms with Crippen LogP contribution in [0.1, 0.15) is 5.56 Å². The van der Waals surface area contributed by atoms with Crippen LogP contribution in [-0.4, -0.2) is 14.0 Å². The topological polar surface area (TPSA) is 0 Å². The van der Waals surface area contributed by atoms with E-state index in [1.807, 2.05) is 25.7 Å². The molecule has 15 heavy (non-hydrogen) atoms. The minimum absolute atomic E-state index is 0.280. The second-order valence-corrected chi connectivity index (χ2v) is 9.94. The van der Waals surface area contributed by atoms with E-state index >= 15 is 0 Å². The summed E-state index contributed by atoms with van der Waals surface area (Å²) in [7, 11) is -1.88. The third kappa shape index (κ3) is 1.65. The number of rotatable bonds is 2. The zero-order valence-electron chi connectivity index (χ0n) is 9.14. The molecule has 0 N–H and O–H groups in total. The Bertz CT molecular complexity index is 413. The highest BCUT2D eigenvalue weighted by molar-refractivity contribution is 6.86. The highest BCUT2D eigenvalue weighted by atomic mass is 28.3. The average Bonchev–Trinajstić information content (AvgIpc) is 2.70. The normalized spacial score (nSPS) is 19.3. The lowest BCUT2D eigenvalue weighted by Crippen LogP contribution is -2.23. The van der Waals surface area contributed by atoms with Gasteiger partial charge >= 0.3 is 0 Å². The molecule has 0 fully saturated rings. The number of halogens is 2. The average molecular weight is 224 g/mol. The second-order valence-electron chi connectivity index (χ2n) is 4.94. The Morgan fingerprint density at radius 3 is 1.93 bits per heavy atom. The highest BCUT2D eigenvalue weighted by Gasteiger charge is 2.60.